The Morgan fingerprint density at radius 2 is 1.94 bits per heavy atom. The predicted molar refractivity (Wildman–Crippen MR) is 74.9 cm³/mol. The zero-order valence-corrected chi connectivity index (χ0v) is 12.4. The van der Waals surface area contributed by atoms with Crippen LogP contribution in [0, 0.1) is 0 Å². The maximum absolute atomic E-state index is 12.2. The van der Waals surface area contributed by atoms with Gasteiger partial charge < -0.3 is 9.64 Å². The second-order valence-electron chi connectivity index (χ2n) is 3.83. The molecular weight excluding hydrogens is 296 g/mol. The molecule has 18 heavy (non-hydrogen) atoms. The van der Waals surface area contributed by atoms with E-state index in [4.69, 9.17) is 39.5 Å². The van der Waals surface area contributed by atoms with E-state index in [1.54, 1.807) is 32.4 Å². The van der Waals surface area contributed by atoms with Gasteiger partial charge in [0.15, 0.2) is 0 Å². The van der Waals surface area contributed by atoms with E-state index in [0.717, 1.165) is 0 Å². The van der Waals surface area contributed by atoms with Crippen molar-refractivity contribution in [3.63, 3.8) is 0 Å². The fourth-order valence-corrected chi connectivity index (χ4v) is 2.40. The normalized spacial score (nSPS) is 12.3. The summed E-state index contributed by atoms with van der Waals surface area (Å²) in [5.41, 5.74) is 0.296. The predicted octanol–water partition coefficient (Wildman–Crippen LogP) is 3.32. The molecule has 1 aromatic rings. The number of hydrogen-bond acceptors (Lipinski definition) is 2. The van der Waals surface area contributed by atoms with Gasteiger partial charge >= 0.3 is 0 Å². The van der Waals surface area contributed by atoms with Crippen molar-refractivity contribution in [1.29, 1.82) is 0 Å². The molecule has 1 rings (SSSR count). The second-order valence-corrected chi connectivity index (χ2v) is 5.27. The number of rotatable bonds is 5. The molecule has 0 saturated heterocycles. The van der Waals surface area contributed by atoms with E-state index >= 15 is 0 Å². The standard InChI is InChI=1S/C12H14Cl3NO2/c1-16(6-8(13)7-18-2)12(17)11-9(14)4-3-5-10(11)15/h3-5,8H,6-7H2,1-2H3. The molecule has 0 fully saturated rings. The lowest BCUT2D eigenvalue weighted by atomic mass is 10.2. The lowest BCUT2D eigenvalue weighted by Crippen LogP contribution is -2.34. The van der Waals surface area contributed by atoms with Crippen LogP contribution in [0.5, 0.6) is 0 Å². The monoisotopic (exact) mass is 309 g/mol. The summed E-state index contributed by atoms with van der Waals surface area (Å²) < 4.78 is 4.92. The molecule has 0 aliphatic carbocycles. The quantitative estimate of drug-likeness (QED) is 0.781. The molecule has 1 aromatic carbocycles. The number of alkyl halides is 1. The topological polar surface area (TPSA) is 29.5 Å². The maximum atomic E-state index is 12.2. The number of ether oxygens (including phenoxy) is 1. The van der Waals surface area contributed by atoms with Crippen LogP contribution in [0.25, 0.3) is 0 Å². The number of carbonyl (C=O) groups excluding carboxylic acids is 1. The van der Waals surface area contributed by atoms with Crippen molar-refractivity contribution in [2.45, 2.75) is 5.38 Å². The number of nitrogens with zero attached hydrogens (tertiary/aromatic N) is 1. The Morgan fingerprint density at radius 3 is 2.44 bits per heavy atom. The summed E-state index contributed by atoms with van der Waals surface area (Å²) in [7, 11) is 3.20. The highest BCUT2D eigenvalue weighted by Crippen LogP contribution is 2.25. The van der Waals surface area contributed by atoms with Crippen LogP contribution in [0.4, 0.5) is 0 Å². The smallest absolute Gasteiger partial charge is 0.256 e. The molecule has 1 atom stereocenters. The van der Waals surface area contributed by atoms with Gasteiger partial charge in [0.25, 0.3) is 5.91 Å². The first-order valence-electron chi connectivity index (χ1n) is 5.29. The van der Waals surface area contributed by atoms with Crippen molar-refractivity contribution in [3.05, 3.63) is 33.8 Å². The van der Waals surface area contributed by atoms with Crippen LogP contribution in [0.3, 0.4) is 0 Å². The summed E-state index contributed by atoms with van der Waals surface area (Å²) in [5, 5.41) is 0.389. The SMILES string of the molecule is COCC(Cl)CN(C)C(=O)c1c(Cl)cccc1Cl. The van der Waals surface area contributed by atoms with Crippen LogP contribution in [0.2, 0.25) is 10.0 Å². The first kappa shape index (κ1) is 15.6. The largest absolute Gasteiger partial charge is 0.383 e. The second kappa shape index (κ2) is 7.19. The van der Waals surface area contributed by atoms with Gasteiger partial charge in [-0.15, -0.1) is 11.6 Å². The molecule has 1 unspecified atom stereocenters. The minimum Gasteiger partial charge on any atom is -0.383 e. The van der Waals surface area contributed by atoms with Crippen molar-refractivity contribution in [1.82, 2.24) is 4.90 Å². The van der Waals surface area contributed by atoms with Gasteiger partial charge in [-0.1, -0.05) is 29.3 Å². The van der Waals surface area contributed by atoms with Gasteiger partial charge in [0, 0.05) is 20.7 Å². The van der Waals surface area contributed by atoms with E-state index in [9.17, 15) is 4.79 Å². The Morgan fingerprint density at radius 1 is 1.39 bits per heavy atom. The lowest BCUT2D eigenvalue weighted by molar-refractivity contribution is 0.0782. The third-order valence-electron chi connectivity index (χ3n) is 2.34. The summed E-state index contributed by atoms with van der Waals surface area (Å²) in [6.07, 6.45) is 0. The van der Waals surface area contributed by atoms with Gasteiger partial charge in [-0.2, -0.15) is 0 Å². The minimum absolute atomic E-state index is 0.257. The van der Waals surface area contributed by atoms with Gasteiger partial charge in [0.05, 0.1) is 27.6 Å². The molecule has 6 heteroatoms. The first-order chi connectivity index (χ1) is 8.47. The number of methoxy groups -OCH3 is 1. The third-order valence-corrected chi connectivity index (χ3v) is 3.24. The van der Waals surface area contributed by atoms with Crippen molar-refractivity contribution in [2.24, 2.45) is 0 Å². The number of halogens is 3. The Hall–Kier alpha value is -0.480. The molecule has 0 radical (unpaired) electrons. The Kier molecular flexibility index (Phi) is 6.22. The van der Waals surface area contributed by atoms with Gasteiger partial charge in [-0.3, -0.25) is 4.79 Å². The summed E-state index contributed by atoms with van der Waals surface area (Å²) in [5.74, 6) is -0.257. The lowest BCUT2D eigenvalue weighted by Gasteiger charge is -2.21. The summed E-state index contributed by atoms with van der Waals surface area (Å²) in [4.78, 5) is 13.7. The third kappa shape index (κ3) is 4.02. The number of carbonyl (C=O) groups is 1. The average molecular weight is 311 g/mol. The van der Waals surface area contributed by atoms with Crippen LogP contribution in [-0.4, -0.2) is 43.5 Å². The molecule has 0 aliphatic heterocycles. The van der Waals surface area contributed by atoms with E-state index in [0.29, 0.717) is 28.8 Å². The van der Waals surface area contributed by atoms with E-state index in [2.05, 4.69) is 0 Å². The maximum Gasteiger partial charge on any atom is 0.256 e. The van der Waals surface area contributed by atoms with Gasteiger partial charge in [0.1, 0.15) is 0 Å². The van der Waals surface area contributed by atoms with Crippen LogP contribution < -0.4 is 0 Å². The van der Waals surface area contributed by atoms with Crippen molar-refractivity contribution in [3.8, 4) is 0 Å². The number of amides is 1. The molecule has 3 nitrogen and oxygen atoms in total. The molecule has 1 amide bonds. The summed E-state index contributed by atoms with van der Waals surface area (Å²) in [6.45, 7) is 0.727. The van der Waals surface area contributed by atoms with E-state index < -0.39 is 0 Å². The zero-order chi connectivity index (χ0) is 13.7. The van der Waals surface area contributed by atoms with E-state index in [-0.39, 0.29) is 11.3 Å². The van der Waals surface area contributed by atoms with Crippen molar-refractivity contribution >= 4 is 40.7 Å². The van der Waals surface area contributed by atoms with Crippen LogP contribution in [0.1, 0.15) is 10.4 Å². The Bertz CT molecular complexity index is 406. The van der Waals surface area contributed by atoms with Crippen LogP contribution in [0.15, 0.2) is 18.2 Å². The van der Waals surface area contributed by atoms with E-state index in [1.165, 1.54) is 4.90 Å². The molecule has 0 heterocycles. The van der Waals surface area contributed by atoms with Crippen molar-refractivity contribution < 1.29 is 9.53 Å². The minimum atomic E-state index is -0.273. The van der Waals surface area contributed by atoms with Gasteiger partial charge in [-0.25, -0.2) is 0 Å². The molecule has 0 aliphatic rings. The fraction of sp³-hybridized carbons (Fsp3) is 0.417. The molecule has 0 aromatic heterocycles. The average Bonchev–Trinajstić information content (AvgIpc) is 2.28. The highest BCUT2D eigenvalue weighted by molar-refractivity contribution is 6.39. The Labute approximate surface area is 122 Å². The highest BCUT2D eigenvalue weighted by atomic mass is 35.5. The molecule has 0 bridgehead atoms. The van der Waals surface area contributed by atoms with Gasteiger partial charge in [0.2, 0.25) is 0 Å². The molecule has 0 spiro atoms. The Balaban J connectivity index is 2.81. The number of hydrogen-bond donors (Lipinski definition) is 0. The first-order valence-corrected chi connectivity index (χ1v) is 6.49. The summed E-state index contributed by atoms with van der Waals surface area (Å²) >= 11 is 18.0. The molecular formula is C12H14Cl3NO2. The zero-order valence-electron chi connectivity index (χ0n) is 10.1. The highest BCUT2D eigenvalue weighted by Gasteiger charge is 2.20. The molecule has 0 saturated carbocycles. The van der Waals surface area contributed by atoms with E-state index in [1.807, 2.05) is 0 Å². The summed E-state index contributed by atoms with van der Waals surface area (Å²) in [6, 6.07) is 4.94. The van der Waals surface area contributed by atoms with Crippen LogP contribution in [-0.2, 0) is 4.74 Å². The van der Waals surface area contributed by atoms with Crippen molar-refractivity contribution in [2.75, 3.05) is 27.3 Å². The van der Waals surface area contributed by atoms with Crippen LogP contribution >= 0.6 is 34.8 Å². The van der Waals surface area contributed by atoms with Gasteiger partial charge in [-0.05, 0) is 12.1 Å². The molecule has 0 N–H and O–H groups in total. The molecule has 100 valence electrons. The fourth-order valence-electron chi connectivity index (χ4n) is 1.51. The number of benzene rings is 1.